The smallest absolute Gasteiger partial charge is 0.338 e. The van der Waals surface area contributed by atoms with E-state index in [0.717, 1.165) is 11.3 Å². The molecule has 2 heterocycles. The van der Waals surface area contributed by atoms with Crippen molar-refractivity contribution >= 4 is 45.0 Å². The van der Waals surface area contributed by atoms with E-state index in [1.807, 2.05) is 0 Å². The van der Waals surface area contributed by atoms with E-state index in [2.05, 4.69) is 20.9 Å². The van der Waals surface area contributed by atoms with E-state index in [1.54, 1.807) is 57.4 Å². The number of hydrogen-bond acceptors (Lipinski definition) is 8. The first-order valence-corrected chi connectivity index (χ1v) is 12.1. The van der Waals surface area contributed by atoms with E-state index < -0.39 is 16.9 Å². The summed E-state index contributed by atoms with van der Waals surface area (Å²) < 4.78 is 13.1. The Labute approximate surface area is 211 Å². The maximum Gasteiger partial charge on any atom is 0.338 e. The quantitative estimate of drug-likeness (QED) is 0.260. The molecule has 3 aromatic rings. The van der Waals surface area contributed by atoms with Gasteiger partial charge >= 0.3 is 5.97 Å². The first-order valence-electron chi connectivity index (χ1n) is 10.5. The highest BCUT2D eigenvalue weighted by Gasteiger charge is 2.33. The van der Waals surface area contributed by atoms with Gasteiger partial charge in [-0.25, -0.2) is 9.79 Å². The number of nitro groups is 1. The van der Waals surface area contributed by atoms with Gasteiger partial charge in [-0.1, -0.05) is 29.5 Å². The number of nitrogens with zero attached hydrogens (tertiary/aromatic N) is 3. The highest BCUT2D eigenvalue weighted by Crippen LogP contribution is 2.35. The Kier molecular flexibility index (Phi) is 6.99. The molecule has 0 saturated heterocycles. The number of methoxy groups -OCH3 is 1. The van der Waals surface area contributed by atoms with E-state index in [-0.39, 0.29) is 23.4 Å². The Morgan fingerprint density at radius 3 is 2.74 bits per heavy atom. The van der Waals surface area contributed by atoms with Gasteiger partial charge in [0, 0.05) is 12.1 Å². The van der Waals surface area contributed by atoms with Crippen LogP contribution >= 0.6 is 27.3 Å². The summed E-state index contributed by atoms with van der Waals surface area (Å²) >= 11 is 4.62. The zero-order valence-electron chi connectivity index (χ0n) is 19.0. The normalized spacial score (nSPS) is 15.4. The summed E-state index contributed by atoms with van der Waals surface area (Å²) in [6.45, 7) is 3.59. The molecule has 0 amide bonds. The second-order valence-electron chi connectivity index (χ2n) is 7.55. The number of thiazole rings is 1. The number of aromatic nitrogens is 1. The number of non-ortho nitro benzene ring substituents is 1. The van der Waals surface area contributed by atoms with Gasteiger partial charge in [-0.2, -0.15) is 0 Å². The fraction of sp³-hybridized carbons (Fsp3) is 0.208. The lowest BCUT2D eigenvalue weighted by Crippen LogP contribution is -2.39. The standard InChI is InChI=1S/C24H20BrN3O6S/c1-4-34-23(30)20-13(2)26-24-27(21(20)15-8-9-18(33-3)17(25)12-15)22(29)19(35-24)11-14-6-5-7-16(10-14)28(31)32/h5-12,21H,4H2,1-3H3/b19-11+/t21-/m1/s1. The van der Waals surface area contributed by atoms with E-state index in [1.165, 1.54) is 16.7 Å². The SMILES string of the molecule is CCOC(=O)C1=C(C)N=c2s/c(=C/c3cccc([N+](=O)[O-])c3)c(=O)n2[C@@H]1c1ccc(OC)c(Br)c1. The first kappa shape index (κ1) is 24.6. The monoisotopic (exact) mass is 557 g/mol. The van der Waals surface area contributed by atoms with Crippen molar-refractivity contribution in [3.05, 3.63) is 99.1 Å². The summed E-state index contributed by atoms with van der Waals surface area (Å²) in [6, 6.07) is 10.6. The van der Waals surface area contributed by atoms with Crippen molar-refractivity contribution in [2.24, 2.45) is 4.99 Å². The van der Waals surface area contributed by atoms with Gasteiger partial charge < -0.3 is 9.47 Å². The van der Waals surface area contributed by atoms with Crippen molar-refractivity contribution in [1.29, 1.82) is 0 Å². The molecule has 0 saturated carbocycles. The van der Waals surface area contributed by atoms with E-state index in [0.29, 0.717) is 36.4 Å². The van der Waals surface area contributed by atoms with Gasteiger partial charge in [0.2, 0.25) is 0 Å². The summed E-state index contributed by atoms with van der Waals surface area (Å²) in [6.07, 6.45) is 1.58. The van der Waals surface area contributed by atoms with Crippen molar-refractivity contribution in [1.82, 2.24) is 4.57 Å². The fourth-order valence-corrected chi connectivity index (χ4v) is 5.44. The van der Waals surface area contributed by atoms with Crippen molar-refractivity contribution in [3.63, 3.8) is 0 Å². The number of hydrogen-bond donors (Lipinski definition) is 0. The molecule has 35 heavy (non-hydrogen) atoms. The topological polar surface area (TPSA) is 113 Å². The van der Waals surface area contributed by atoms with Crippen LogP contribution in [0.4, 0.5) is 5.69 Å². The van der Waals surface area contributed by atoms with Crippen LogP contribution in [0.15, 0.2) is 68.0 Å². The molecule has 9 nitrogen and oxygen atoms in total. The molecule has 1 aliphatic heterocycles. The molecule has 0 spiro atoms. The predicted molar refractivity (Wildman–Crippen MR) is 134 cm³/mol. The second kappa shape index (κ2) is 9.96. The van der Waals surface area contributed by atoms with Gasteiger partial charge in [-0.3, -0.25) is 19.5 Å². The van der Waals surface area contributed by atoms with Gasteiger partial charge in [0.25, 0.3) is 11.2 Å². The molecule has 0 N–H and O–H groups in total. The third-order valence-corrected chi connectivity index (χ3v) is 6.99. The zero-order valence-corrected chi connectivity index (χ0v) is 21.4. The van der Waals surface area contributed by atoms with Gasteiger partial charge in [0.05, 0.1) is 45.0 Å². The van der Waals surface area contributed by atoms with Gasteiger partial charge in [-0.05, 0) is 59.1 Å². The number of rotatable bonds is 6. The Bertz CT molecular complexity index is 1560. The van der Waals surface area contributed by atoms with Gasteiger partial charge in [0.15, 0.2) is 4.80 Å². The van der Waals surface area contributed by atoms with E-state index in [9.17, 15) is 19.7 Å². The third-order valence-electron chi connectivity index (χ3n) is 5.39. The lowest BCUT2D eigenvalue weighted by atomic mass is 9.96. The lowest BCUT2D eigenvalue weighted by Gasteiger charge is -2.25. The molecule has 1 aliphatic rings. The van der Waals surface area contributed by atoms with Crippen LogP contribution in [-0.4, -0.2) is 29.2 Å². The Morgan fingerprint density at radius 1 is 1.31 bits per heavy atom. The number of carbonyl (C=O) groups is 1. The minimum atomic E-state index is -0.778. The van der Waals surface area contributed by atoms with Crippen LogP contribution in [-0.2, 0) is 9.53 Å². The maximum atomic E-state index is 13.6. The molecule has 2 aromatic carbocycles. The van der Waals surface area contributed by atoms with Crippen LogP contribution < -0.4 is 19.6 Å². The summed E-state index contributed by atoms with van der Waals surface area (Å²) in [5.74, 6) is 0.0453. The van der Waals surface area contributed by atoms with Crippen LogP contribution in [0.2, 0.25) is 0 Å². The first-order chi connectivity index (χ1) is 16.7. The number of benzene rings is 2. The summed E-state index contributed by atoms with van der Waals surface area (Å²) in [4.78, 5) is 42.2. The number of halogens is 1. The van der Waals surface area contributed by atoms with Crippen LogP contribution in [0.5, 0.6) is 5.75 Å². The molecule has 0 bridgehead atoms. The second-order valence-corrected chi connectivity index (χ2v) is 9.41. The number of allylic oxidation sites excluding steroid dienone is 1. The minimum Gasteiger partial charge on any atom is -0.496 e. The van der Waals surface area contributed by atoms with Gasteiger partial charge in [0.1, 0.15) is 5.75 Å². The van der Waals surface area contributed by atoms with Crippen molar-refractivity contribution in [2.45, 2.75) is 19.9 Å². The zero-order chi connectivity index (χ0) is 25.3. The van der Waals surface area contributed by atoms with Crippen LogP contribution in [0.25, 0.3) is 6.08 Å². The molecule has 180 valence electrons. The summed E-state index contributed by atoms with van der Waals surface area (Å²) in [5, 5.41) is 11.1. The molecule has 0 aliphatic carbocycles. The predicted octanol–water partition coefficient (Wildman–Crippen LogP) is 3.48. The van der Waals surface area contributed by atoms with Gasteiger partial charge in [-0.15, -0.1) is 0 Å². The Balaban J connectivity index is 1.95. The Morgan fingerprint density at radius 2 is 2.09 bits per heavy atom. The molecule has 1 aromatic heterocycles. The van der Waals surface area contributed by atoms with Crippen molar-refractivity contribution in [2.75, 3.05) is 13.7 Å². The molecule has 11 heteroatoms. The molecule has 1 atom stereocenters. The average molecular weight is 558 g/mol. The summed E-state index contributed by atoms with van der Waals surface area (Å²) in [5.41, 5.74) is 1.44. The van der Waals surface area contributed by atoms with E-state index in [4.69, 9.17) is 9.47 Å². The lowest BCUT2D eigenvalue weighted by molar-refractivity contribution is -0.384. The number of carbonyl (C=O) groups excluding carboxylic acids is 1. The molecular formula is C24H20BrN3O6S. The highest BCUT2D eigenvalue weighted by molar-refractivity contribution is 9.10. The Hall–Kier alpha value is -3.57. The van der Waals surface area contributed by atoms with E-state index >= 15 is 0 Å². The molecular weight excluding hydrogens is 538 g/mol. The highest BCUT2D eigenvalue weighted by atomic mass is 79.9. The van der Waals surface area contributed by atoms with Crippen molar-refractivity contribution in [3.8, 4) is 5.75 Å². The number of nitro benzene ring substituents is 1. The fourth-order valence-electron chi connectivity index (χ4n) is 3.84. The number of ether oxygens (including phenoxy) is 2. The minimum absolute atomic E-state index is 0.0760. The van der Waals surface area contributed by atoms with Crippen molar-refractivity contribution < 1.29 is 19.2 Å². The third kappa shape index (κ3) is 4.69. The molecule has 0 unspecified atom stereocenters. The largest absolute Gasteiger partial charge is 0.496 e. The molecule has 4 rings (SSSR count). The molecule has 0 radical (unpaired) electrons. The number of esters is 1. The van der Waals surface area contributed by atoms with Crippen LogP contribution in [0, 0.1) is 10.1 Å². The number of fused-ring (bicyclic) bond motifs is 1. The van der Waals surface area contributed by atoms with Crippen LogP contribution in [0.3, 0.4) is 0 Å². The average Bonchev–Trinajstić information content (AvgIpc) is 3.12. The summed E-state index contributed by atoms with van der Waals surface area (Å²) in [7, 11) is 1.55. The van der Waals surface area contributed by atoms with Crippen LogP contribution in [0.1, 0.15) is 31.0 Å². The molecule has 0 fully saturated rings. The maximum absolute atomic E-state index is 13.6.